The molecule has 0 aliphatic heterocycles. The molecule has 1 saturated carbocycles. The predicted molar refractivity (Wildman–Crippen MR) is 75.6 cm³/mol. The Morgan fingerprint density at radius 1 is 1.45 bits per heavy atom. The van der Waals surface area contributed by atoms with Crippen LogP contribution in [0.4, 0.5) is 0 Å². The lowest BCUT2D eigenvalue weighted by Crippen LogP contribution is -2.02. The minimum atomic E-state index is 0.213. The van der Waals surface area contributed by atoms with E-state index in [1.807, 2.05) is 19.1 Å². The smallest absolute Gasteiger partial charge is 0.240 e. The fraction of sp³-hybridized carbons (Fsp3) is 0.429. The molecule has 1 fully saturated rings. The summed E-state index contributed by atoms with van der Waals surface area (Å²) in [7, 11) is 0. The summed E-state index contributed by atoms with van der Waals surface area (Å²) >= 11 is 6.29. The molecule has 1 aliphatic rings. The summed E-state index contributed by atoms with van der Waals surface area (Å²) in [5.41, 5.74) is 7.26. The van der Waals surface area contributed by atoms with Gasteiger partial charge in [-0.3, -0.25) is 0 Å². The monoisotopic (exact) mass is 293 g/mol. The molecule has 0 amide bonds. The molecule has 0 radical (unpaired) electrons. The van der Waals surface area contributed by atoms with Crippen LogP contribution < -0.4 is 10.5 Å². The van der Waals surface area contributed by atoms with Crippen LogP contribution in [0, 0.1) is 12.8 Å². The molecule has 0 saturated heterocycles. The topological polar surface area (TPSA) is 74.2 Å². The van der Waals surface area contributed by atoms with Gasteiger partial charge in [0, 0.05) is 0 Å². The molecule has 2 N–H and O–H groups in total. The van der Waals surface area contributed by atoms with Crippen molar-refractivity contribution in [2.45, 2.75) is 26.3 Å². The van der Waals surface area contributed by atoms with Crippen LogP contribution in [-0.4, -0.2) is 16.7 Å². The van der Waals surface area contributed by atoms with E-state index in [4.69, 9.17) is 26.6 Å². The van der Waals surface area contributed by atoms with Gasteiger partial charge in [-0.05, 0) is 43.4 Å². The highest BCUT2D eigenvalue weighted by molar-refractivity contribution is 6.32. The fourth-order valence-electron chi connectivity index (χ4n) is 1.97. The number of aromatic nitrogens is 2. The number of rotatable bonds is 5. The standard InChI is InChI=1S/C14H16ClN3O2/c1-8-4-10(14-17-12(6-16)20-18-14)13(11(15)5-8)19-7-9-2-3-9/h4-5,9H,2-3,6-7,16H2,1H3. The summed E-state index contributed by atoms with van der Waals surface area (Å²) in [6, 6.07) is 3.82. The first-order valence-electron chi connectivity index (χ1n) is 6.63. The number of hydrogen-bond acceptors (Lipinski definition) is 5. The number of aryl methyl sites for hydroxylation is 1. The molecule has 0 unspecified atom stereocenters. The maximum atomic E-state index is 6.29. The summed E-state index contributed by atoms with van der Waals surface area (Å²) in [4.78, 5) is 4.24. The molecule has 1 aliphatic carbocycles. The van der Waals surface area contributed by atoms with Gasteiger partial charge < -0.3 is 15.0 Å². The molecule has 1 aromatic carbocycles. The Hall–Kier alpha value is -1.59. The molecule has 5 nitrogen and oxygen atoms in total. The second-order valence-electron chi connectivity index (χ2n) is 5.09. The van der Waals surface area contributed by atoms with Crippen LogP contribution in [0.1, 0.15) is 24.3 Å². The van der Waals surface area contributed by atoms with Gasteiger partial charge in [0.2, 0.25) is 11.7 Å². The molecule has 0 atom stereocenters. The third-order valence-electron chi connectivity index (χ3n) is 3.23. The van der Waals surface area contributed by atoms with Crippen molar-refractivity contribution >= 4 is 11.6 Å². The molecule has 1 aromatic heterocycles. The Morgan fingerprint density at radius 2 is 2.25 bits per heavy atom. The van der Waals surface area contributed by atoms with Gasteiger partial charge in [-0.2, -0.15) is 4.98 Å². The molecule has 0 bridgehead atoms. The van der Waals surface area contributed by atoms with E-state index < -0.39 is 0 Å². The predicted octanol–water partition coefficient (Wildman–Crippen LogP) is 2.95. The van der Waals surface area contributed by atoms with Crippen LogP contribution >= 0.6 is 11.6 Å². The minimum Gasteiger partial charge on any atom is -0.491 e. The lowest BCUT2D eigenvalue weighted by atomic mass is 10.1. The van der Waals surface area contributed by atoms with E-state index in [0.717, 1.165) is 11.1 Å². The third kappa shape index (κ3) is 2.78. The van der Waals surface area contributed by atoms with E-state index in [-0.39, 0.29) is 6.54 Å². The largest absolute Gasteiger partial charge is 0.491 e. The van der Waals surface area contributed by atoms with E-state index in [9.17, 15) is 0 Å². The Balaban J connectivity index is 1.97. The number of nitrogens with zero attached hydrogens (tertiary/aromatic N) is 2. The first-order valence-corrected chi connectivity index (χ1v) is 7.01. The highest BCUT2D eigenvalue weighted by Crippen LogP contribution is 2.38. The third-order valence-corrected chi connectivity index (χ3v) is 3.51. The Morgan fingerprint density at radius 3 is 2.90 bits per heavy atom. The van der Waals surface area contributed by atoms with E-state index in [0.29, 0.717) is 35.0 Å². The van der Waals surface area contributed by atoms with Gasteiger partial charge >= 0.3 is 0 Å². The van der Waals surface area contributed by atoms with E-state index in [1.54, 1.807) is 0 Å². The molecule has 106 valence electrons. The summed E-state index contributed by atoms with van der Waals surface area (Å²) in [6.07, 6.45) is 2.44. The van der Waals surface area contributed by atoms with Crippen molar-refractivity contribution in [2.24, 2.45) is 11.7 Å². The molecule has 1 heterocycles. The first-order chi connectivity index (χ1) is 9.67. The van der Waals surface area contributed by atoms with Crippen molar-refractivity contribution in [2.75, 3.05) is 6.61 Å². The van der Waals surface area contributed by atoms with Crippen molar-refractivity contribution in [3.05, 3.63) is 28.6 Å². The number of hydrogen-bond donors (Lipinski definition) is 1. The summed E-state index contributed by atoms with van der Waals surface area (Å²) in [5.74, 6) is 2.12. The normalized spacial score (nSPS) is 14.6. The molecule has 2 aromatic rings. The first kappa shape index (κ1) is 13.4. The number of ether oxygens (including phenoxy) is 1. The molecule has 3 rings (SSSR count). The van der Waals surface area contributed by atoms with Crippen LogP contribution in [0.15, 0.2) is 16.7 Å². The Kier molecular flexibility index (Phi) is 3.63. The maximum absolute atomic E-state index is 6.29. The van der Waals surface area contributed by atoms with Crippen LogP contribution in [-0.2, 0) is 6.54 Å². The van der Waals surface area contributed by atoms with Crippen LogP contribution in [0.5, 0.6) is 5.75 Å². The zero-order valence-corrected chi connectivity index (χ0v) is 12.0. The van der Waals surface area contributed by atoms with Crippen molar-refractivity contribution in [3.8, 4) is 17.1 Å². The minimum absolute atomic E-state index is 0.213. The van der Waals surface area contributed by atoms with Crippen molar-refractivity contribution < 1.29 is 9.26 Å². The average molecular weight is 294 g/mol. The summed E-state index contributed by atoms with van der Waals surface area (Å²) < 4.78 is 10.9. The lowest BCUT2D eigenvalue weighted by molar-refractivity contribution is 0.300. The van der Waals surface area contributed by atoms with E-state index in [1.165, 1.54) is 12.8 Å². The van der Waals surface area contributed by atoms with Crippen molar-refractivity contribution in [1.82, 2.24) is 10.1 Å². The van der Waals surface area contributed by atoms with Gasteiger partial charge in [-0.25, -0.2) is 0 Å². The van der Waals surface area contributed by atoms with Crippen molar-refractivity contribution in [1.29, 1.82) is 0 Å². The SMILES string of the molecule is Cc1cc(Cl)c(OCC2CC2)c(-c2noc(CN)n2)c1. The molecule has 20 heavy (non-hydrogen) atoms. The van der Waals surface area contributed by atoms with E-state index >= 15 is 0 Å². The van der Waals surface area contributed by atoms with Gasteiger partial charge in [0.25, 0.3) is 0 Å². The quantitative estimate of drug-likeness (QED) is 0.917. The van der Waals surface area contributed by atoms with Gasteiger partial charge in [-0.15, -0.1) is 0 Å². The fourth-order valence-corrected chi connectivity index (χ4v) is 2.30. The zero-order valence-electron chi connectivity index (χ0n) is 11.2. The van der Waals surface area contributed by atoms with Crippen LogP contribution in [0.25, 0.3) is 11.4 Å². The summed E-state index contributed by atoms with van der Waals surface area (Å²) in [6.45, 7) is 2.85. The van der Waals surface area contributed by atoms with Crippen LogP contribution in [0.2, 0.25) is 5.02 Å². The van der Waals surface area contributed by atoms with E-state index in [2.05, 4.69) is 10.1 Å². The van der Waals surface area contributed by atoms with Gasteiger partial charge in [0.1, 0.15) is 5.75 Å². The maximum Gasteiger partial charge on any atom is 0.240 e. The van der Waals surface area contributed by atoms with Gasteiger partial charge in [0.15, 0.2) is 0 Å². The number of nitrogens with two attached hydrogens (primary N) is 1. The lowest BCUT2D eigenvalue weighted by Gasteiger charge is -2.12. The summed E-state index contributed by atoms with van der Waals surface area (Å²) in [5, 5.41) is 4.51. The number of halogens is 1. The van der Waals surface area contributed by atoms with Crippen molar-refractivity contribution in [3.63, 3.8) is 0 Å². The van der Waals surface area contributed by atoms with Gasteiger partial charge in [-0.1, -0.05) is 16.8 Å². The zero-order chi connectivity index (χ0) is 14.1. The average Bonchev–Trinajstić information content (AvgIpc) is 3.12. The number of benzene rings is 1. The van der Waals surface area contributed by atoms with Gasteiger partial charge in [0.05, 0.1) is 23.7 Å². The molecular formula is C14H16ClN3O2. The van der Waals surface area contributed by atoms with Crippen LogP contribution in [0.3, 0.4) is 0 Å². The highest BCUT2D eigenvalue weighted by Gasteiger charge is 2.24. The molecular weight excluding hydrogens is 278 g/mol. The Labute approximate surface area is 122 Å². The Bertz CT molecular complexity index is 623. The highest BCUT2D eigenvalue weighted by atomic mass is 35.5. The molecule has 0 spiro atoms. The second-order valence-corrected chi connectivity index (χ2v) is 5.50. The molecule has 6 heteroatoms. The second kappa shape index (κ2) is 5.42.